The van der Waals surface area contributed by atoms with E-state index in [0.717, 1.165) is 11.4 Å². The monoisotopic (exact) mass is 246 g/mol. The Balaban J connectivity index is 2.43. The molecule has 0 spiro atoms. The molecule has 2 aromatic rings. The molecular formula is C13H14N2O3. The highest BCUT2D eigenvalue weighted by molar-refractivity contribution is 5.90. The van der Waals surface area contributed by atoms with Gasteiger partial charge in [0.1, 0.15) is 17.0 Å². The van der Waals surface area contributed by atoms with Crippen molar-refractivity contribution in [1.82, 2.24) is 9.78 Å². The number of aryl methyl sites for hydroxylation is 2. The second-order valence-corrected chi connectivity index (χ2v) is 4.03. The quantitative estimate of drug-likeness (QED) is 0.903. The normalized spacial score (nSPS) is 10.4. The van der Waals surface area contributed by atoms with E-state index in [2.05, 4.69) is 5.10 Å². The Hall–Kier alpha value is -2.30. The molecule has 0 radical (unpaired) electrons. The third-order valence-corrected chi connectivity index (χ3v) is 2.77. The molecule has 0 aliphatic carbocycles. The third-order valence-electron chi connectivity index (χ3n) is 2.77. The molecule has 0 unspecified atom stereocenters. The lowest BCUT2D eigenvalue weighted by Gasteiger charge is -2.08. The van der Waals surface area contributed by atoms with Gasteiger partial charge in [-0.05, 0) is 26.0 Å². The van der Waals surface area contributed by atoms with Gasteiger partial charge in [0.15, 0.2) is 5.75 Å². The second-order valence-electron chi connectivity index (χ2n) is 4.03. The Kier molecular flexibility index (Phi) is 3.06. The summed E-state index contributed by atoms with van der Waals surface area (Å²) < 4.78 is 7.39. The maximum Gasteiger partial charge on any atom is 0.339 e. The van der Waals surface area contributed by atoms with Crippen molar-refractivity contribution in [3.8, 4) is 11.5 Å². The van der Waals surface area contributed by atoms with Gasteiger partial charge in [-0.3, -0.25) is 4.68 Å². The highest BCUT2D eigenvalue weighted by atomic mass is 16.5. The minimum atomic E-state index is -1.01. The molecule has 0 atom stereocenters. The number of rotatable bonds is 3. The lowest BCUT2D eigenvalue weighted by atomic mass is 10.2. The Bertz CT molecular complexity index is 602. The summed E-state index contributed by atoms with van der Waals surface area (Å²) in [6, 6.07) is 6.55. The van der Waals surface area contributed by atoms with Gasteiger partial charge in [0, 0.05) is 7.05 Å². The Morgan fingerprint density at radius 2 is 2.00 bits per heavy atom. The van der Waals surface area contributed by atoms with Crippen LogP contribution < -0.4 is 4.74 Å². The lowest BCUT2D eigenvalue weighted by Crippen LogP contribution is -2.00. The molecule has 2 rings (SSSR count). The smallest absolute Gasteiger partial charge is 0.339 e. The van der Waals surface area contributed by atoms with Crippen molar-refractivity contribution in [2.75, 3.05) is 0 Å². The molecule has 1 N–H and O–H groups in total. The zero-order chi connectivity index (χ0) is 13.3. The number of hydrogen-bond acceptors (Lipinski definition) is 3. The van der Waals surface area contributed by atoms with Crippen molar-refractivity contribution >= 4 is 5.97 Å². The molecule has 5 nitrogen and oxygen atoms in total. The van der Waals surface area contributed by atoms with Crippen molar-refractivity contribution in [2.24, 2.45) is 7.05 Å². The summed E-state index contributed by atoms with van der Waals surface area (Å²) in [7, 11) is 1.82. The van der Waals surface area contributed by atoms with Crippen LogP contribution in [0, 0.1) is 13.8 Å². The van der Waals surface area contributed by atoms with Gasteiger partial charge in [-0.15, -0.1) is 0 Å². The van der Waals surface area contributed by atoms with E-state index in [9.17, 15) is 4.79 Å². The zero-order valence-electron chi connectivity index (χ0n) is 10.5. The summed E-state index contributed by atoms with van der Waals surface area (Å²) in [5.74, 6) is -0.0832. The number of aromatic nitrogens is 2. The van der Waals surface area contributed by atoms with Gasteiger partial charge in [0.05, 0.1) is 5.69 Å². The Labute approximate surface area is 105 Å². The summed E-state index contributed by atoms with van der Waals surface area (Å²) in [4.78, 5) is 11.1. The number of benzene rings is 1. The number of nitrogens with zero attached hydrogens (tertiary/aromatic N) is 2. The van der Waals surface area contributed by atoms with Gasteiger partial charge >= 0.3 is 5.97 Å². The summed E-state index contributed by atoms with van der Waals surface area (Å²) in [6.07, 6.45) is 0. The van der Waals surface area contributed by atoms with E-state index in [1.54, 1.807) is 22.9 Å². The van der Waals surface area contributed by atoms with E-state index in [1.165, 1.54) is 6.07 Å². The van der Waals surface area contributed by atoms with Crippen LogP contribution in [0.5, 0.6) is 11.5 Å². The Morgan fingerprint density at radius 3 is 2.56 bits per heavy atom. The second kappa shape index (κ2) is 4.52. The molecule has 1 aromatic heterocycles. The maximum absolute atomic E-state index is 11.1. The van der Waals surface area contributed by atoms with Crippen LogP contribution in [0.2, 0.25) is 0 Å². The highest BCUT2D eigenvalue weighted by Gasteiger charge is 2.16. The summed E-state index contributed by atoms with van der Waals surface area (Å²) >= 11 is 0. The molecule has 0 aliphatic heterocycles. The molecule has 0 saturated carbocycles. The molecule has 0 bridgehead atoms. The van der Waals surface area contributed by atoms with E-state index < -0.39 is 5.97 Å². The van der Waals surface area contributed by atoms with Gasteiger partial charge in [-0.2, -0.15) is 5.10 Å². The summed E-state index contributed by atoms with van der Waals surface area (Å²) in [5.41, 5.74) is 1.73. The third kappa shape index (κ3) is 2.07. The summed E-state index contributed by atoms with van der Waals surface area (Å²) in [6.45, 7) is 3.70. The van der Waals surface area contributed by atoms with Crippen molar-refractivity contribution in [3.05, 3.63) is 41.2 Å². The first kappa shape index (κ1) is 12.2. The minimum Gasteiger partial charge on any atom is -0.478 e. The number of carboxylic acid groups (broad SMARTS) is 1. The van der Waals surface area contributed by atoms with Gasteiger partial charge < -0.3 is 9.84 Å². The average Bonchev–Trinajstić information content (AvgIpc) is 2.56. The van der Waals surface area contributed by atoms with Crippen molar-refractivity contribution < 1.29 is 14.6 Å². The number of para-hydroxylation sites is 1. The first-order valence-electron chi connectivity index (χ1n) is 5.51. The molecule has 94 valence electrons. The average molecular weight is 246 g/mol. The van der Waals surface area contributed by atoms with E-state index in [0.29, 0.717) is 11.5 Å². The van der Waals surface area contributed by atoms with E-state index in [-0.39, 0.29) is 5.56 Å². The standard InChI is InChI=1S/C13H14N2O3/c1-8-12(9(2)15(3)14-8)18-11-7-5-4-6-10(11)13(16)17/h4-7H,1-3H3,(H,16,17). The number of carboxylic acids is 1. The van der Waals surface area contributed by atoms with Crippen LogP contribution in [-0.2, 0) is 7.05 Å². The first-order valence-corrected chi connectivity index (χ1v) is 5.51. The molecule has 1 aromatic carbocycles. The molecule has 1 heterocycles. The SMILES string of the molecule is Cc1nn(C)c(C)c1Oc1ccccc1C(=O)O. The predicted molar refractivity (Wildman–Crippen MR) is 66.2 cm³/mol. The van der Waals surface area contributed by atoms with Crippen LogP contribution in [0.25, 0.3) is 0 Å². The fourth-order valence-corrected chi connectivity index (χ4v) is 1.74. The minimum absolute atomic E-state index is 0.139. The van der Waals surface area contributed by atoms with Crippen molar-refractivity contribution in [2.45, 2.75) is 13.8 Å². The maximum atomic E-state index is 11.1. The van der Waals surface area contributed by atoms with Crippen LogP contribution in [0.3, 0.4) is 0 Å². The van der Waals surface area contributed by atoms with Gasteiger partial charge in [0.25, 0.3) is 0 Å². The fourth-order valence-electron chi connectivity index (χ4n) is 1.74. The highest BCUT2D eigenvalue weighted by Crippen LogP contribution is 2.30. The number of hydrogen-bond donors (Lipinski definition) is 1. The van der Waals surface area contributed by atoms with Gasteiger partial charge in [-0.1, -0.05) is 12.1 Å². The van der Waals surface area contributed by atoms with Crippen LogP contribution in [0.1, 0.15) is 21.7 Å². The number of aromatic carboxylic acids is 1. The largest absolute Gasteiger partial charge is 0.478 e. The van der Waals surface area contributed by atoms with Gasteiger partial charge in [-0.25, -0.2) is 4.79 Å². The van der Waals surface area contributed by atoms with Crippen LogP contribution in [0.4, 0.5) is 0 Å². The van der Waals surface area contributed by atoms with E-state index >= 15 is 0 Å². The fraction of sp³-hybridized carbons (Fsp3) is 0.231. The van der Waals surface area contributed by atoms with E-state index in [4.69, 9.17) is 9.84 Å². The zero-order valence-corrected chi connectivity index (χ0v) is 10.5. The molecule has 5 heteroatoms. The molecule has 0 saturated heterocycles. The predicted octanol–water partition coefficient (Wildman–Crippen LogP) is 2.53. The lowest BCUT2D eigenvalue weighted by molar-refractivity contribution is 0.0694. The van der Waals surface area contributed by atoms with Crippen LogP contribution >= 0.6 is 0 Å². The first-order chi connectivity index (χ1) is 8.50. The molecule has 0 fully saturated rings. The molecule has 0 amide bonds. The van der Waals surface area contributed by atoms with Crippen LogP contribution in [-0.4, -0.2) is 20.9 Å². The topological polar surface area (TPSA) is 64.4 Å². The number of carbonyl (C=O) groups is 1. The van der Waals surface area contributed by atoms with Crippen LogP contribution in [0.15, 0.2) is 24.3 Å². The summed E-state index contributed by atoms with van der Waals surface area (Å²) in [5, 5.41) is 13.3. The Morgan fingerprint density at radius 1 is 1.33 bits per heavy atom. The van der Waals surface area contributed by atoms with Gasteiger partial charge in [0.2, 0.25) is 0 Å². The molecule has 0 aliphatic rings. The number of ether oxygens (including phenoxy) is 1. The van der Waals surface area contributed by atoms with Crippen molar-refractivity contribution in [3.63, 3.8) is 0 Å². The molecule has 18 heavy (non-hydrogen) atoms. The van der Waals surface area contributed by atoms with Crippen molar-refractivity contribution in [1.29, 1.82) is 0 Å². The van der Waals surface area contributed by atoms with E-state index in [1.807, 2.05) is 20.9 Å². The molecular weight excluding hydrogens is 232 g/mol.